The molecule has 3 N–H and O–H groups in total. The summed E-state index contributed by atoms with van der Waals surface area (Å²) < 4.78 is 38.0. The summed E-state index contributed by atoms with van der Waals surface area (Å²) in [6.45, 7) is 6.18. The van der Waals surface area contributed by atoms with Gasteiger partial charge < -0.3 is 29.9 Å². The second-order valence-corrected chi connectivity index (χ2v) is 12.0. The van der Waals surface area contributed by atoms with Crippen LogP contribution in [0.3, 0.4) is 0 Å². The van der Waals surface area contributed by atoms with Gasteiger partial charge >= 0.3 is 5.97 Å². The van der Waals surface area contributed by atoms with Crippen LogP contribution in [-0.2, 0) is 16.1 Å². The third-order valence-electron chi connectivity index (χ3n) is 9.04. The quantitative estimate of drug-likeness (QED) is 0.250. The molecule has 0 bridgehead atoms. The number of morpholine rings is 1. The van der Waals surface area contributed by atoms with Crippen LogP contribution in [0.4, 0.5) is 14.5 Å². The minimum atomic E-state index is -0.838. The average Bonchev–Trinajstić information content (AvgIpc) is 3.00. The van der Waals surface area contributed by atoms with E-state index in [-0.39, 0.29) is 6.42 Å². The number of fused-ring (bicyclic) bond motifs is 1. The predicted molar refractivity (Wildman–Crippen MR) is 164 cm³/mol. The van der Waals surface area contributed by atoms with Crippen molar-refractivity contribution in [2.45, 2.75) is 44.8 Å². The number of carboxylic acids is 1. The first-order valence-electron chi connectivity index (χ1n) is 15.3. The van der Waals surface area contributed by atoms with E-state index in [2.05, 4.69) is 20.1 Å². The Morgan fingerprint density at radius 2 is 1.82 bits per heavy atom. The molecule has 2 aromatic carbocycles. The maximum absolute atomic E-state index is 13.5. The minimum absolute atomic E-state index is 0.0416. The van der Waals surface area contributed by atoms with Gasteiger partial charge in [-0.2, -0.15) is 0 Å². The first-order valence-corrected chi connectivity index (χ1v) is 15.3. The van der Waals surface area contributed by atoms with Crippen LogP contribution in [0.5, 0.6) is 5.75 Å². The molecule has 2 aliphatic rings. The van der Waals surface area contributed by atoms with Gasteiger partial charge in [-0.15, -0.1) is 0 Å². The zero-order valence-electron chi connectivity index (χ0n) is 25.2. The first kappa shape index (κ1) is 32.0. The highest BCUT2D eigenvalue weighted by atomic mass is 19.1. The molecular weight excluding hydrogens is 570 g/mol. The number of piperidine rings is 1. The molecule has 2 fully saturated rings. The molecule has 3 aromatic rings. The van der Waals surface area contributed by atoms with Crippen molar-refractivity contribution in [3.63, 3.8) is 0 Å². The lowest BCUT2D eigenvalue weighted by atomic mass is 9.71. The van der Waals surface area contributed by atoms with Crippen molar-refractivity contribution in [1.82, 2.24) is 14.8 Å². The number of nitrogens with one attached hydrogen (secondary N) is 1. The maximum atomic E-state index is 13.5. The van der Waals surface area contributed by atoms with Crippen LogP contribution in [0.15, 0.2) is 42.6 Å². The second-order valence-electron chi connectivity index (χ2n) is 12.0. The molecule has 1 atom stereocenters. The lowest BCUT2D eigenvalue weighted by molar-refractivity contribution is -0.141. The van der Waals surface area contributed by atoms with Crippen molar-refractivity contribution in [3.8, 4) is 5.75 Å². The Labute approximate surface area is 256 Å². The number of likely N-dealkylation sites (tertiary alicyclic amines) is 1. The van der Waals surface area contributed by atoms with Gasteiger partial charge in [0.15, 0.2) is 0 Å². The number of anilines is 1. The molecule has 1 aromatic heterocycles. The van der Waals surface area contributed by atoms with Crippen LogP contribution in [0.2, 0.25) is 0 Å². The molecule has 1 unspecified atom stereocenters. The third-order valence-corrected chi connectivity index (χ3v) is 9.04. The summed E-state index contributed by atoms with van der Waals surface area (Å²) in [7, 11) is 1.61. The Balaban J connectivity index is 1.27. The number of ether oxygens (including phenoxy) is 2. The number of pyridine rings is 1. The SMILES string of the molecule is COc1ccc2ncc(CN3CCOCC3)c(C(O)CCC3(CC(=O)O)CCN(CCNc4cc(F)cc(F)c4)CC3)c2c1. The highest BCUT2D eigenvalue weighted by Gasteiger charge is 2.37. The van der Waals surface area contributed by atoms with Gasteiger partial charge in [-0.05, 0) is 85.6 Å². The summed E-state index contributed by atoms with van der Waals surface area (Å²) in [5.74, 6) is -1.41. The summed E-state index contributed by atoms with van der Waals surface area (Å²) in [5, 5.41) is 25.5. The molecule has 0 saturated carbocycles. The summed E-state index contributed by atoms with van der Waals surface area (Å²) in [5.41, 5.74) is 2.50. The van der Waals surface area contributed by atoms with Crippen LogP contribution in [-0.4, -0.2) is 90.6 Å². The van der Waals surface area contributed by atoms with Crippen molar-refractivity contribution in [2.24, 2.45) is 5.41 Å². The molecule has 2 aliphatic heterocycles. The standard InChI is InChI=1S/C33H42F2N4O5/c1-43-27-2-3-29-28(19-27)32(23(21-37-29)22-39-12-14-44-15-13-39)30(40)4-5-33(20-31(41)42)6-9-38(10-7-33)11-8-36-26-17-24(34)16-25(35)18-26/h2-3,16-19,21,30,36,40H,4-15,20,22H2,1H3,(H,41,42). The summed E-state index contributed by atoms with van der Waals surface area (Å²) in [4.78, 5) is 21.2. The third kappa shape index (κ3) is 8.20. The smallest absolute Gasteiger partial charge is 0.303 e. The summed E-state index contributed by atoms with van der Waals surface area (Å²) >= 11 is 0. The van der Waals surface area contributed by atoms with Crippen molar-refractivity contribution in [3.05, 3.63) is 65.4 Å². The number of aliphatic hydroxyl groups is 1. The van der Waals surface area contributed by atoms with E-state index in [4.69, 9.17) is 9.47 Å². The highest BCUT2D eigenvalue weighted by molar-refractivity contribution is 5.85. The average molecular weight is 613 g/mol. The molecule has 5 rings (SSSR count). The number of aliphatic hydroxyl groups excluding tert-OH is 1. The van der Waals surface area contributed by atoms with E-state index < -0.39 is 29.1 Å². The second kappa shape index (κ2) is 14.6. The van der Waals surface area contributed by atoms with Gasteiger partial charge in [0.2, 0.25) is 0 Å². The zero-order valence-corrected chi connectivity index (χ0v) is 25.2. The van der Waals surface area contributed by atoms with Crippen LogP contribution >= 0.6 is 0 Å². The van der Waals surface area contributed by atoms with Crippen LogP contribution in [0, 0.1) is 17.0 Å². The Morgan fingerprint density at radius 1 is 1.09 bits per heavy atom. The molecule has 0 radical (unpaired) electrons. The van der Waals surface area contributed by atoms with E-state index in [1.54, 1.807) is 7.11 Å². The number of carbonyl (C=O) groups is 1. The number of aromatic nitrogens is 1. The van der Waals surface area contributed by atoms with Gasteiger partial charge in [-0.3, -0.25) is 14.7 Å². The molecule has 0 amide bonds. The van der Waals surface area contributed by atoms with E-state index in [9.17, 15) is 23.8 Å². The Hall–Kier alpha value is -3.38. The fourth-order valence-electron chi connectivity index (χ4n) is 6.57. The van der Waals surface area contributed by atoms with Crippen LogP contribution < -0.4 is 10.1 Å². The topological polar surface area (TPSA) is 107 Å². The van der Waals surface area contributed by atoms with Gasteiger partial charge in [0.05, 0.1) is 38.4 Å². The van der Waals surface area contributed by atoms with E-state index >= 15 is 0 Å². The van der Waals surface area contributed by atoms with Crippen molar-refractivity contribution in [2.75, 3.05) is 64.9 Å². The number of methoxy groups -OCH3 is 1. The molecule has 238 valence electrons. The van der Waals surface area contributed by atoms with Crippen LogP contribution in [0.1, 0.15) is 49.3 Å². The molecule has 9 nitrogen and oxygen atoms in total. The fraction of sp³-hybridized carbons (Fsp3) is 0.515. The number of aliphatic carboxylic acids is 1. The monoisotopic (exact) mass is 612 g/mol. The Bertz CT molecular complexity index is 1410. The highest BCUT2D eigenvalue weighted by Crippen LogP contribution is 2.42. The number of rotatable bonds is 13. The van der Waals surface area contributed by atoms with E-state index in [0.717, 1.165) is 41.2 Å². The normalized spacial score (nSPS) is 18.3. The van der Waals surface area contributed by atoms with Crippen molar-refractivity contribution >= 4 is 22.6 Å². The lowest BCUT2D eigenvalue weighted by Gasteiger charge is -2.42. The Kier molecular flexibility index (Phi) is 10.6. The Morgan fingerprint density at radius 3 is 2.50 bits per heavy atom. The maximum Gasteiger partial charge on any atom is 0.303 e. The molecule has 3 heterocycles. The number of nitrogens with zero attached hydrogens (tertiary/aromatic N) is 3. The summed E-state index contributed by atoms with van der Waals surface area (Å²) in [6.07, 6.45) is 3.45. The molecule has 0 aliphatic carbocycles. The van der Waals surface area contributed by atoms with E-state index in [1.165, 1.54) is 12.1 Å². The lowest BCUT2D eigenvalue weighted by Crippen LogP contribution is -2.43. The van der Waals surface area contributed by atoms with E-state index in [1.807, 2.05) is 24.4 Å². The van der Waals surface area contributed by atoms with Gasteiger partial charge in [-0.1, -0.05) is 0 Å². The number of halogens is 2. The largest absolute Gasteiger partial charge is 0.497 e. The molecular formula is C33H42F2N4O5. The fourth-order valence-corrected chi connectivity index (χ4v) is 6.57. The summed E-state index contributed by atoms with van der Waals surface area (Å²) in [6, 6.07) is 9.03. The molecule has 11 heteroatoms. The number of carboxylic acid groups (broad SMARTS) is 1. The molecule has 0 spiro atoms. The van der Waals surface area contributed by atoms with Gasteiger partial charge in [0.1, 0.15) is 17.4 Å². The van der Waals surface area contributed by atoms with Gasteiger partial charge in [-0.25, -0.2) is 8.78 Å². The minimum Gasteiger partial charge on any atom is -0.497 e. The van der Waals surface area contributed by atoms with Crippen molar-refractivity contribution < 1.29 is 33.3 Å². The van der Waals surface area contributed by atoms with Gasteiger partial charge in [0.25, 0.3) is 0 Å². The molecule has 44 heavy (non-hydrogen) atoms. The van der Waals surface area contributed by atoms with E-state index in [0.29, 0.717) is 83.1 Å². The first-order chi connectivity index (χ1) is 21.2. The number of benzene rings is 2. The predicted octanol–water partition coefficient (Wildman–Crippen LogP) is 4.84. The van der Waals surface area contributed by atoms with Crippen LogP contribution in [0.25, 0.3) is 10.9 Å². The van der Waals surface area contributed by atoms with Gasteiger partial charge in [0, 0.05) is 56.1 Å². The zero-order chi connectivity index (χ0) is 31.1. The molecule has 2 saturated heterocycles. The number of hydrogen-bond donors (Lipinski definition) is 3. The number of hydrogen-bond acceptors (Lipinski definition) is 8. The van der Waals surface area contributed by atoms with Crippen molar-refractivity contribution in [1.29, 1.82) is 0 Å².